The SMILES string of the molecule is COc1ccc(C(=O)Nc2cnn(C)c(=O)c2N2CCOCC2)cc1Cl. The van der Waals surface area contributed by atoms with E-state index in [1.807, 2.05) is 4.90 Å². The zero-order valence-electron chi connectivity index (χ0n) is 14.5. The Balaban J connectivity index is 1.91. The molecule has 3 rings (SSSR count). The molecule has 0 bridgehead atoms. The summed E-state index contributed by atoms with van der Waals surface area (Å²) in [6, 6.07) is 4.73. The lowest BCUT2D eigenvalue weighted by Crippen LogP contribution is -2.41. The first-order valence-electron chi connectivity index (χ1n) is 8.05. The molecule has 0 saturated carbocycles. The van der Waals surface area contributed by atoms with E-state index in [4.69, 9.17) is 21.1 Å². The fraction of sp³-hybridized carbons (Fsp3) is 0.353. The lowest BCUT2D eigenvalue weighted by atomic mass is 10.2. The van der Waals surface area contributed by atoms with E-state index in [2.05, 4.69) is 10.4 Å². The van der Waals surface area contributed by atoms with E-state index in [1.165, 1.54) is 24.1 Å². The molecule has 9 heteroatoms. The van der Waals surface area contributed by atoms with Gasteiger partial charge in [-0.15, -0.1) is 0 Å². The number of benzene rings is 1. The minimum atomic E-state index is -0.390. The van der Waals surface area contributed by atoms with Gasteiger partial charge in [-0.1, -0.05) is 11.6 Å². The molecule has 1 aliphatic rings. The molecule has 1 saturated heterocycles. The second kappa shape index (κ2) is 7.76. The molecule has 2 aromatic rings. The average molecular weight is 379 g/mol. The first-order chi connectivity index (χ1) is 12.5. The van der Waals surface area contributed by atoms with E-state index < -0.39 is 0 Å². The van der Waals surface area contributed by atoms with Crippen molar-refractivity contribution in [2.75, 3.05) is 43.6 Å². The van der Waals surface area contributed by atoms with E-state index in [0.29, 0.717) is 54.0 Å². The van der Waals surface area contributed by atoms with Gasteiger partial charge in [-0.3, -0.25) is 9.59 Å². The molecule has 1 aliphatic heterocycles. The monoisotopic (exact) mass is 378 g/mol. The molecule has 2 heterocycles. The third-order valence-electron chi connectivity index (χ3n) is 4.10. The number of halogens is 1. The molecular weight excluding hydrogens is 360 g/mol. The maximum atomic E-state index is 12.6. The number of carbonyl (C=O) groups excluding carboxylic acids is 1. The van der Waals surface area contributed by atoms with Crippen molar-refractivity contribution in [3.05, 3.63) is 45.3 Å². The highest BCUT2D eigenvalue weighted by molar-refractivity contribution is 6.32. The Morgan fingerprint density at radius 3 is 2.73 bits per heavy atom. The number of ether oxygens (including phenoxy) is 2. The van der Waals surface area contributed by atoms with Crippen LogP contribution in [0, 0.1) is 0 Å². The van der Waals surface area contributed by atoms with Crippen LogP contribution in [0.3, 0.4) is 0 Å². The highest BCUT2D eigenvalue weighted by Crippen LogP contribution is 2.26. The number of aryl methyl sites for hydroxylation is 1. The molecule has 1 aromatic heterocycles. The van der Waals surface area contributed by atoms with Crippen molar-refractivity contribution in [3.63, 3.8) is 0 Å². The topological polar surface area (TPSA) is 85.7 Å². The first-order valence-corrected chi connectivity index (χ1v) is 8.43. The number of anilines is 2. The van der Waals surface area contributed by atoms with Crippen LogP contribution in [0.5, 0.6) is 5.75 Å². The summed E-state index contributed by atoms with van der Waals surface area (Å²) in [6.45, 7) is 2.17. The second-order valence-electron chi connectivity index (χ2n) is 5.74. The van der Waals surface area contributed by atoms with Crippen LogP contribution in [0.2, 0.25) is 5.02 Å². The van der Waals surface area contributed by atoms with Gasteiger partial charge >= 0.3 is 0 Å². The van der Waals surface area contributed by atoms with Crippen LogP contribution in [0.4, 0.5) is 11.4 Å². The molecule has 1 aromatic carbocycles. The van der Waals surface area contributed by atoms with Gasteiger partial charge in [0.05, 0.1) is 37.2 Å². The molecule has 1 N–H and O–H groups in total. The maximum absolute atomic E-state index is 12.6. The normalized spacial score (nSPS) is 14.2. The Labute approximate surface area is 155 Å². The van der Waals surface area contributed by atoms with Crippen molar-refractivity contribution < 1.29 is 14.3 Å². The summed E-state index contributed by atoms with van der Waals surface area (Å²) in [5, 5.41) is 7.10. The number of morpholine rings is 1. The minimum Gasteiger partial charge on any atom is -0.495 e. The largest absolute Gasteiger partial charge is 0.495 e. The molecular formula is C17H19ClN4O4. The van der Waals surface area contributed by atoms with Gasteiger partial charge in [0.15, 0.2) is 0 Å². The van der Waals surface area contributed by atoms with Gasteiger partial charge < -0.3 is 19.7 Å². The lowest BCUT2D eigenvalue weighted by Gasteiger charge is -2.29. The number of hydrogen-bond donors (Lipinski definition) is 1. The molecule has 0 aliphatic carbocycles. The fourth-order valence-corrected chi connectivity index (χ4v) is 2.97. The summed E-state index contributed by atoms with van der Waals surface area (Å²) in [6.07, 6.45) is 1.47. The van der Waals surface area contributed by atoms with Gasteiger partial charge in [0.1, 0.15) is 11.4 Å². The lowest BCUT2D eigenvalue weighted by molar-refractivity contribution is 0.102. The first kappa shape index (κ1) is 18.2. The molecule has 0 unspecified atom stereocenters. The predicted molar refractivity (Wildman–Crippen MR) is 98.5 cm³/mol. The van der Waals surface area contributed by atoms with Crippen molar-refractivity contribution in [1.82, 2.24) is 9.78 Å². The number of aromatic nitrogens is 2. The van der Waals surface area contributed by atoms with Crippen molar-refractivity contribution in [3.8, 4) is 5.75 Å². The van der Waals surface area contributed by atoms with Gasteiger partial charge in [0.2, 0.25) is 0 Å². The van der Waals surface area contributed by atoms with Crippen LogP contribution in [-0.2, 0) is 11.8 Å². The predicted octanol–water partition coefficient (Wildman–Crippen LogP) is 1.53. The highest BCUT2D eigenvalue weighted by Gasteiger charge is 2.21. The third kappa shape index (κ3) is 3.66. The van der Waals surface area contributed by atoms with Crippen molar-refractivity contribution in [1.29, 1.82) is 0 Å². The quantitative estimate of drug-likeness (QED) is 0.868. The molecule has 1 amide bonds. The van der Waals surface area contributed by atoms with Crippen LogP contribution in [-0.4, -0.2) is 49.1 Å². The Morgan fingerprint density at radius 2 is 2.08 bits per heavy atom. The number of nitrogens with zero attached hydrogens (tertiary/aromatic N) is 3. The smallest absolute Gasteiger partial charge is 0.292 e. The van der Waals surface area contributed by atoms with Crippen LogP contribution >= 0.6 is 11.6 Å². The number of hydrogen-bond acceptors (Lipinski definition) is 6. The van der Waals surface area contributed by atoms with Crippen molar-refractivity contribution in [2.45, 2.75) is 0 Å². The third-order valence-corrected chi connectivity index (χ3v) is 4.40. The van der Waals surface area contributed by atoms with Gasteiger partial charge in [-0.25, -0.2) is 4.68 Å². The number of methoxy groups -OCH3 is 1. The highest BCUT2D eigenvalue weighted by atomic mass is 35.5. The molecule has 0 radical (unpaired) electrons. The number of carbonyl (C=O) groups is 1. The van der Waals surface area contributed by atoms with Crippen LogP contribution in [0.1, 0.15) is 10.4 Å². The molecule has 1 fully saturated rings. The summed E-state index contributed by atoms with van der Waals surface area (Å²) in [4.78, 5) is 27.1. The Hall–Kier alpha value is -2.58. The minimum absolute atomic E-state index is 0.280. The van der Waals surface area contributed by atoms with Gasteiger partial charge in [-0.05, 0) is 18.2 Å². The van der Waals surface area contributed by atoms with Crippen LogP contribution < -0.4 is 20.5 Å². The van der Waals surface area contributed by atoms with E-state index >= 15 is 0 Å². The molecule has 0 spiro atoms. The zero-order valence-corrected chi connectivity index (χ0v) is 15.2. The summed E-state index contributed by atoms with van der Waals surface area (Å²) >= 11 is 6.08. The van der Waals surface area contributed by atoms with Gasteiger partial charge in [0.25, 0.3) is 11.5 Å². The molecule has 26 heavy (non-hydrogen) atoms. The number of rotatable bonds is 4. The summed E-state index contributed by atoms with van der Waals surface area (Å²) in [7, 11) is 3.07. The Kier molecular flexibility index (Phi) is 5.43. The van der Waals surface area contributed by atoms with Gasteiger partial charge in [-0.2, -0.15) is 5.10 Å². The summed E-state index contributed by atoms with van der Waals surface area (Å²) < 4.78 is 11.7. The van der Waals surface area contributed by atoms with E-state index in [9.17, 15) is 9.59 Å². The van der Waals surface area contributed by atoms with Crippen LogP contribution in [0.25, 0.3) is 0 Å². The van der Waals surface area contributed by atoms with Crippen LogP contribution in [0.15, 0.2) is 29.2 Å². The maximum Gasteiger partial charge on any atom is 0.292 e. The molecule has 8 nitrogen and oxygen atoms in total. The summed E-state index contributed by atoms with van der Waals surface area (Å²) in [5.74, 6) is 0.0894. The Morgan fingerprint density at radius 1 is 1.35 bits per heavy atom. The van der Waals surface area contributed by atoms with E-state index in [0.717, 1.165) is 0 Å². The average Bonchev–Trinajstić information content (AvgIpc) is 2.65. The summed E-state index contributed by atoms with van der Waals surface area (Å²) in [5.41, 5.74) is 0.826. The number of amides is 1. The number of nitrogens with one attached hydrogen (secondary N) is 1. The van der Waals surface area contributed by atoms with E-state index in [1.54, 1.807) is 19.2 Å². The fourth-order valence-electron chi connectivity index (χ4n) is 2.71. The zero-order chi connectivity index (χ0) is 18.7. The molecule has 138 valence electrons. The second-order valence-corrected chi connectivity index (χ2v) is 6.15. The van der Waals surface area contributed by atoms with Crippen molar-refractivity contribution in [2.24, 2.45) is 7.05 Å². The standard InChI is InChI=1S/C17H19ClN4O4/c1-21-17(24)15(22-5-7-26-8-6-22)13(10-19-21)20-16(23)11-3-4-14(25-2)12(18)9-11/h3-4,9-10H,5-8H2,1-2H3,(H,20,23). The van der Waals surface area contributed by atoms with Gasteiger partial charge in [0, 0.05) is 25.7 Å². The Bertz CT molecular complexity index is 878. The molecule has 0 atom stereocenters. The van der Waals surface area contributed by atoms with Crippen molar-refractivity contribution >= 4 is 28.9 Å². The van der Waals surface area contributed by atoms with E-state index in [-0.39, 0.29) is 11.5 Å².